The van der Waals surface area contributed by atoms with E-state index in [9.17, 15) is 4.39 Å². The molecule has 2 aliphatic carbocycles. The summed E-state index contributed by atoms with van der Waals surface area (Å²) in [5.74, 6) is 1.79. The van der Waals surface area contributed by atoms with Gasteiger partial charge in [-0.2, -0.15) is 0 Å². The normalized spacial score (nSPS) is 34.8. The largest absolute Gasteiger partial charge is 0.207 e. The SMILES string of the molecule is Fc1ccc(Br)c(CC2(CBr)CC3CC3C2)c1. The van der Waals surface area contributed by atoms with Crippen LogP contribution in [-0.2, 0) is 6.42 Å². The van der Waals surface area contributed by atoms with E-state index in [0.717, 1.165) is 33.6 Å². The van der Waals surface area contributed by atoms with Gasteiger partial charge in [0.2, 0.25) is 0 Å². The molecule has 17 heavy (non-hydrogen) atoms. The lowest BCUT2D eigenvalue weighted by Crippen LogP contribution is -2.24. The lowest BCUT2D eigenvalue weighted by molar-refractivity contribution is 0.307. The lowest BCUT2D eigenvalue weighted by Gasteiger charge is -2.29. The van der Waals surface area contributed by atoms with Gasteiger partial charge in [0.15, 0.2) is 0 Å². The summed E-state index contributed by atoms with van der Waals surface area (Å²) in [5, 5.41) is 1.04. The summed E-state index contributed by atoms with van der Waals surface area (Å²) in [7, 11) is 0. The molecule has 2 saturated carbocycles. The second kappa shape index (κ2) is 4.34. The van der Waals surface area contributed by atoms with Crippen molar-refractivity contribution < 1.29 is 4.39 Å². The van der Waals surface area contributed by atoms with Crippen LogP contribution < -0.4 is 0 Å². The molecule has 1 aromatic carbocycles. The molecule has 3 rings (SSSR count). The monoisotopic (exact) mass is 360 g/mol. The van der Waals surface area contributed by atoms with Gasteiger partial charge in [-0.1, -0.05) is 31.9 Å². The lowest BCUT2D eigenvalue weighted by atomic mass is 9.79. The summed E-state index contributed by atoms with van der Waals surface area (Å²) < 4.78 is 14.3. The van der Waals surface area contributed by atoms with E-state index >= 15 is 0 Å². The van der Waals surface area contributed by atoms with Gasteiger partial charge in [-0.15, -0.1) is 0 Å². The fourth-order valence-corrected chi connectivity index (χ4v) is 4.43. The zero-order chi connectivity index (χ0) is 12.0. The second-order valence-corrected chi connectivity index (χ2v) is 7.13. The number of alkyl halides is 1. The van der Waals surface area contributed by atoms with Crippen molar-refractivity contribution in [3.8, 4) is 0 Å². The van der Waals surface area contributed by atoms with Gasteiger partial charge in [0.1, 0.15) is 5.82 Å². The summed E-state index contributed by atoms with van der Waals surface area (Å²) in [6.07, 6.45) is 5.04. The van der Waals surface area contributed by atoms with Crippen LogP contribution in [0.15, 0.2) is 22.7 Å². The Morgan fingerprint density at radius 3 is 2.65 bits per heavy atom. The summed E-state index contributed by atoms with van der Waals surface area (Å²) in [6.45, 7) is 0. The van der Waals surface area contributed by atoms with Gasteiger partial charge in [0.05, 0.1) is 0 Å². The molecule has 2 aliphatic rings. The Kier molecular flexibility index (Phi) is 3.10. The molecule has 3 heteroatoms. The van der Waals surface area contributed by atoms with E-state index in [1.807, 2.05) is 6.07 Å². The predicted octanol–water partition coefficient (Wildman–Crippen LogP) is 4.94. The highest BCUT2D eigenvalue weighted by molar-refractivity contribution is 9.10. The minimum Gasteiger partial charge on any atom is -0.207 e. The van der Waals surface area contributed by atoms with Crippen molar-refractivity contribution in [3.05, 3.63) is 34.1 Å². The molecule has 2 atom stereocenters. The van der Waals surface area contributed by atoms with Crippen molar-refractivity contribution in [2.24, 2.45) is 17.3 Å². The molecule has 0 heterocycles. The van der Waals surface area contributed by atoms with E-state index in [-0.39, 0.29) is 5.82 Å². The first-order valence-corrected chi connectivity index (χ1v) is 8.03. The number of halogens is 3. The van der Waals surface area contributed by atoms with E-state index in [4.69, 9.17) is 0 Å². The molecule has 0 amide bonds. The van der Waals surface area contributed by atoms with Gasteiger partial charge in [-0.3, -0.25) is 0 Å². The van der Waals surface area contributed by atoms with Crippen molar-refractivity contribution in [2.45, 2.75) is 25.7 Å². The molecule has 0 bridgehead atoms. The van der Waals surface area contributed by atoms with E-state index in [1.54, 1.807) is 6.07 Å². The van der Waals surface area contributed by atoms with Crippen molar-refractivity contribution in [1.29, 1.82) is 0 Å². The molecule has 0 nitrogen and oxygen atoms in total. The Morgan fingerprint density at radius 2 is 2.00 bits per heavy atom. The van der Waals surface area contributed by atoms with Crippen LogP contribution in [0.3, 0.4) is 0 Å². The average Bonchev–Trinajstić information content (AvgIpc) is 2.92. The Bertz CT molecular complexity index is 434. The molecular weight excluding hydrogens is 347 g/mol. The summed E-state index contributed by atoms with van der Waals surface area (Å²) in [5.41, 5.74) is 1.48. The molecule has 0 radical (unpaired) electrons. The summed E-state index contributed by atoms with van der Waals surface area (Å²) >= 11 is 7.21. The number of hydrogen-bond donors (Lipinski definition) is 0. The first-order chi connectivity index (χ1) is 8.12. The molecule has 92 valence electrons. The van der Waals surface area contributed by atoms with Crippen LogP contribution in [0.25, 0.3) is 0 Å². The molecule has 0 spiro atoms. The van der Waals surface area contributed by atoms with Crippen LogP contribution in [0.4, 0.5) is 4.39 Å². The van der Waals surface area contributed by atoms with Crippen LogP contribution in [0.5, 0.6) is 0 Å². The number of rotatable bonds is 3. The van der Waals surface area contributed by atoms with Crippen LogP contribution in [0.2, 0.25) is 0 Å². The van der Waals surface area contributed by atoms with Crippen molar-refractivity contribution in [1.82, 2.24) is 0 Å². The van der Waals surface area contributed by atoms with Crippen LogP contribution in [-0.4, -0.2) is 5.33 Å². The second-order valence-electron chi connectivity index (χ2n) is 5.71. The molecule has 2 unspecified atom stereocenters. The highest BCUT2D eigenvalue weighted by Gasteiger charge is 2.53. The van der Waals surface area contributed by atoms with Gasteiger partial charge in [0, 0.05) is 9.80 Å². The van der Waals surface area contributed by atoms with E-state index in [1.165, 1.54) is 25.3 Å². The van der Waals surface area contributed by atoms with Crippen LogP contribution in [0, 0.1) is 23.1 Å². The van der Waals surface area contributed by atoms with Gasteiger partial charge in [-0.05, 0) is 66.7 Å². The van der Waals surface area contributed by atoms with Gasteiger partial charge < -0.3 is 0 Å². The van der Waals surface area contributed by atoms with Crippen LogP contribution in [0.1, 0.15) is 24.8 Å². The first kappa shape index (κ1) is 12.2. The topological polar surface area (TPSA) is 0 Å². The predicted molar refractivity (Wildman–Crippen MR) is 74.9 cm³/mol. The van der Waals surface area contributed by atoms with Crippen molar-refractivity contribution >= 4 is 31.9 Å². The van der Waals surface area contributed by atoms with E-state index in [2.05, 4.69) is 31.9 Å². The maximum Gasteiger partial charge on any atom is 0.123 e. The Labute approximate surface area is 118 Å². The van der Waals surface area contributed by atoms with Crippen molar-refractivity contribution in [2.75, 3.05) is 5.33 Å². The zero-order valence-corrected chi connectivity index (χ0v) is 12.7. The minimum atomic E-state index is -0.129. The van der Waals surface area contributed by atoms with E-state index < -0.39 is 0 Å². The van der Waals surface area contributed by atoms with Crippen LogP contribution >= 0.6 is 31.9 Å². The fraction of sp³-hybridized carbons (Fsp3) is 0.571. The first-order valence-electron chi connectivity index (χ1n) is 6.12. The number of benzene rings is 1. The maximum atomic E-state index is 13.3. The third-order valence-corrected chi connectivity index (χ3v) is 6.28. The van der Waals surface area contributed by atoms with Gasteiger partial charge >= 0.3 is 0 Å². The third-order valence-electron chi connectivity index (χ3n) is 4.32. The molecule has 0 aliphatic heterocycles. The van der Waals surface area contributed by atoms with Gasteiger partial charge in [0.25, 0.3) is 0 Å². The maximum absolute atomic E-state index is 13.3. The number of hydrogen-bond acceptors (Lipinski definition) is 0. The van der Waals surface area contributed by atoms with Crippen molar-refractivity contribution in [3.63, 3.8) is 0 Å². The molecule has 0 saturated heterocycles. The molecule has 0 aromatic heterocycles. The van der Waals surface area contributed by atoms with E-state index in [0.29, 0.717) is 5.41 Å². The summed E-state index contributed by atoms with van der Waals surface area (Å²) in [6, 6.07) is 5.02. The third kappa shape index (κ3) is 2.33. The average molecular weight is 362 g/mol. The standard InChI is InChI=1S/C14H15Br2F/c15-8-14(5-9-3-10(9)6-14)7-11-4-12(17)1-2-13(11)16/h1-2,4,9-10H,3,5-8H2. The Balaban J connectivity index is 1.83. The molecule has 1 aromatic rings. The van der Waals surface area contributed by atoms with Gasteiger partial charge in [-0.25, -0.2) is 4.39 Å². The molecule has 0 N–H and O–H groups in total. The quantitative estimate of drug-likeness (QED) is 0.668. The minimum absolute atomic E-state index is 0.129. The smallest absolute Gasteiger partial charge is 0.123 e. The Morgan fingerprint density at radius 1 is 1.29 bits per heavy atom. The Hall–Kier alpha value is 0.110. The molecule has 2 fully saturated rings. The zero-order valence-electron chi connectivity index (χ0n) is 9.56. The highest BCUT2D eigenvalue weighted by Crippen LogP contribution is 2.61. The number of fused-ring (bicyclic) bond motifs is 1. The summed E-state index contributed by atoms with van der Waals surface area (Å²) in [4.78, 5) is 0. The fourth-order valence-electron chi connectivity index (χ4n) is 3.39. The highest BCUT2D eigenvalue weighted by atomic mass is 79.9. The molecular formula is C14H15Br2F.